The van der Waals surface area contributed by atoms with E-state index in [1.807, 2.05) is 32.3 Å². The van der Waals surface area contributed by atoms with Gasteiger partial charge in [0.1, 0.15) is 0 Å². The van der Waals surface area contributed by atoms with Crippen LogP contribution in [0.2, 0.25) is 5.02 Å². The number of halogens is 1. The summed E-state index contributed by atoms with van der Waals surface area (Å²) < 4.78 is 0. The Bertz CT molecular complexity index is 706. The Morgan fingerprint density at radius 3 is 2.40 bits per heavy atom. The molecule has 7 heteroatoms. The smallest absolute Gasteiger partial charge is 0.221 e. The number of amides is 1. The molecule has 2 aromatic carbocycles. The van der Waals surface area contributed by atoms with E-state index in [4.69, 9.17) is 22.2 Å². The zero-order valence-corrected chi connectivity index (χ0v) is 15.8. The van der Waals surface area contributed by atoms with Gasteiger partial charge in [-0.25, -0.2) is 11.7 Å². The number of nitrogens with one attached hydrogen (secondary N) is 1. The molecular weight excluding hydrogens is 338 g/mol. The van der Waals surface area contributed by atoms with Crippen molar-refractivity contribution in [1.82, 2.24) is 5.43 Å². The van der Waals surface area contributed by atoms with Crippen molar-refractivity contribution in [2.45, 2.75) is 20.4 Å². The summed E-state index contributed by atoms with van der Waals surface area (Å²) >= 11 is 6.38. The maximum absolute atomic E-state index is 8.94. The summed E-state index contributed by atoms with van der Waals surface area (Å²) in [5.74, 6) is 10.3. The average Bonchev–Trinajstić information content (AvgIpc) is 2.57. The number of hydrogen-bond donors (Lipinski definition) is 3. The minimum atomic E-state index is 0.403. The van der Waals surface area contributed by atoms with Gasteiger partial charge in [-0.2, -0.15) is 0 Å². The van der Waals surface area contributed by atoms with Crippen LogP contribution in [-0.2, 0) is 11.3 Å². The second-order valence-electron chi connectivity index (χ2n) is 5.79. The fourth-order valence-electron chi connectivity index (χ4n) is 2.47. The number of anilines is 2. The second-order valence-corrected chi connectivity index (χ2v) is 6.20. The van der Waals surface area contributed by atoms with Crippen molar-refractivity contribution in [3.8, 4) is 0 Å². The SMILES string of the molecule is Cc1ccc(C)c(CN(C)c2c(Cl)cccc2N(C)N)c1.NNC=O. The van der Waals surface area contributed by atoms with E-state index in [0.29, 0.717) is 11.4 Å². The highest BCUT2D eigenvalue weighted by Gasteiger charge is 2.14. The Labute approximate surface area is 154 Å². The number of rotatable bonds is 5. The first-order valence-corrected chi connectivity index (χ1v) is 8.13. The van der Waals surface area contributed by atoms with Gasteiger partial charge in [0.05, 0.1) is 16.4 Å². The Morgan fingerprint density at radius 1 is 1.20 bits per heavy atom. The van der Waals surface area contributed by atoms with Crippen LogP contribution in [0.5, 0.6) is 0 Å². The van der Waals surface area contributed by atoms with E-state index in [0.717, 1.165) is 17.9 Å². The van der Waals surface area contributed by atoms with Crippen LogP contribution in [0.25, 0.3) is 0 Å². The molecule has 2 aromatic rings. The number of benzene rings is 2. The molecule has 0 spiro atoms. The van der Waals surface area contributed by atoms with Crippen molar-refractivity contribution in [2.24, 2.45) is 11.7 Å². The van der Waals surface area contributed by atoms with Gasteiger partial charge >= 0.3 is 0 Å². The van der Waals surface area contributed by atoms with Crippen molar-refractivity contribution in [3.05, 3.63) is 58.1 Å². The molecule has 0 atom stereocenters. The lowest BCUT2D eigenvalue weighted by Crippen LogP contribution is -2.28. The summed E-state index contributed by atoms with van der Waals surface area (Å²) in [7, 11) is 3.86. The molecular formula is C18H26ClN5O. The lowest BCUT2D eigenvalue weighted by molar-refractivity contribution is -0.109. The van der Waals surface area contributed by atoms with E-state index in [1.54, 1.807) is 10.4 Å². The number of hydrazine groups is 2. The quantitative estimate of drug-likeness (QED) is 0.329. The number of hydrogen-bond acceptors (Lipinski definition) is 5. The normalized spacial score (nSPS) is 9.72. The lowest BCUT2D eigenvalue weighted by Gasteiger charge is -2.27. The second kappa shape index (κ2) is 9.88. The molecule has 1 amide bonds. The molecule has 136 valence electrons. The predicted molar refractivity (Wildman–Crippen MR) is 105 cm³/mol. The topological polar surface area (TPSA) is 87.6 Å². The van der Waals surface area contributed by atoms with Crippen LogP contribution in [0.4, 0.5) is 11.4 Å². The molecule has 0 radical (unpaired) electrons. The van der Waals surface area contributed by atoms with Gasteiger partial charge < -0.3 is 9.91 Å². The monoisotopic (exact) mass is 363 g/mol. The highest BCUT2D eigenvalue weighted by atomic mass is 35.5. The van der Waals surface area contributed by atoms with Gasteiger partial charge in [0.25, 0.3) is 0 Å². The Morgan fingerprint density at radius 2 is 1.84 bits per heavy atom. The van der Waals surface area contributed by atoms with Gasteiger partial charge in [0.15, 0.2) is 0 Å². The zero-order valence-electron chi connectivity index (χ0n) is 15.1. The average molecular weight is 364 g/mol. The summed E-state index contributed by atoms with van der Waals surface area (Å²) in [5.41, 5.74) is 7.45. The molecule has 0 aliphatic heterocycles. The molecule has 0 heterocycles. The first-order chi connectivity index (χ1) is 11.8. The minimum absolute atomic E-state index is 0.403. The summed E-state index contributed by atoms with van der Waals surface area (Å²) in [6, 6.07) is 12.3. The molecule has 5 N–H and O–H groups in total. The first-order valence-electron chi connectivity index (χ1n) is 7.75. The van der Waals surface area contributed by atoms with Crippen LogP contribution in [0, 0.1) is 13.8 Å². The van der Waals surface area contributed by atoms with Crippen LogP contribution in [0.1, 0.15) is 16.7 Å². The van der Waals surface area contributed by atoms with Gasteiger partial charge in [-0.15, -0.1) is 0 Å². The third-order valence-corrected chi connectivity index (χ3v) is 4.01. The lowest BCUT2D eigenvalue weighted by atomic mass is 10.0. The molecule has 2 rings (SSSR count). The molecule has 0 aliphatic carbocycles. The third kappa shape index (κ3) is 5.94. The van der Waals surface area contributed by atoms with Gasteiger partial charge in [0, 0.05) is 20.6 Å². The van der Waals surface area contributed by atoms with Crippen LogP contribution in [-0.4, -0.2) is 20.5 Å². The van der Waals surface area contributed by atoms with Crippen molar-refractivity contribution < 1.29 is 4.79 Å². The van der Waals surface area contributed by atoms with E-state index >= 15 is 0 Å². The number of nitrogens with two attached hydrogens (primary N) is 2. The number of nitrogens with zero attached hydrogens (tertiary/aromatic N) is 2. The standard InChI is InChI=1S/C17H22ClN3.CH4N2O/c1-12-8-9-13(2)14(10-12)11-20(3)17-15(18)6-5-7-16(17)21(4)19;2-3-1-4/h5-10H,11,19H2,1-4H3;1H,2H2,(H,3,4). The summed E-state index contributed by atoms with van der Waals surface area (Å²) in [6.07, 6.45) is 0.403. The number of carbonyl (C=O) groups is 1. The van der Waals surface area contributed by atoms with E-state index in [2.05, 4.69) is 42.8 Å². The molecule has 0 saturated carbocycles. The molecule has 0 fully saturated rings. The molecule has 0 bridgehead atoms. The Balaban J connectivity index is 0.000000705. The summed E-state index contributed by atoms with van der Waals surface area (Å²) in [4.78, 5) is 11.1. The number of aryl methyl sites for hydroxylation is 2. The van der Waals surface area contributed by atoms with Crippen LogP contribution in [0.3, 0.4) is 0 Å². The molecule has 0 aliphatic rings. The van der Waals surface area contributed by atoms with Crippen molar-refractivity contribution in [2.75, 3.05) is 24.0 Å². The number of carbonyl (C=O) groups excluding carboxylic acids is 1. The Kier molecular flexibility index (Phi) is 8.21. The van der Waals surface area contributed by atoms with Crippen molar-refractivity contribution in [1.29, 1.82) is 0 Å². The maximum Gasteiger partial charge on any atom is 0.221 e. The van der Waals surface area contributed by atoms with E-state index in [9.17, 15) is 0 Å². The summed E-state index contributed by atoms with van der Waals surface area (Å²) in [6.45, 7) is 5.03. The molecule has 0 saturated heterocycles. The first kappa shape index (κ1) is 20.8. The highest BCUT2D eigenvalue weighted by molar-refractivity contribution is 6.34. The molecule has 0 aromatic heterocycles. The zero-order chi connectivity index (χ0) is 19.0. The molecule has 0 unspecified atom stereocenters. The molecule has 25 heavy (non-hydrogen) atoms. The largest absolute Gasteiger partial charge is 0.367 e. The van der Waals surface area contributed by atoms with E-state index in [-0.39, 0.29) is 0 Å². The molecule has 6 nitrogen and oxygen atoms in total. The minimum Gasteiger partial charge on any atom is -0.367 e. The van der Waals surface area contributed by atoms with Crippen LogP contribution < -0.4 is 27.0 Å². The third-order valence-electron chi connectivity index (χ3n) is 3.71. The fourth-order valence-corrected chi connectivity index (χ4v) is 2.79. The van der Waals surface area contributed by atoms with E-state index in [1.165, 1.54) is 16.7 Å². The Hall–Kier alpha value is -2.28. The number of para-hydroxylation sites is 1. The van der Waals surface area contributed by atoms with Crippen molar-refractivity contribution >= 4 is 29.4 Å². The van der Waals surface area contributed by atoms with E-state index < -0.39 is 0 Å². The van der Waals surface area contributed by atoms with Gasteiger partial charge in [0.2, 0.25) is 6.41 Å². The van der Waals surface area contributed by atoms with Gasteiger partial charge in [-0.05, 0) is 37.1 Å². The van der Waals surface area contributed by atoms with Crippen LogP contribution in [0.15, 0.2) is 36.4 Å². The fraction of sp³-hybridized carbons (Fsp3) is 0.278. The summed E-state index contributed by atoms with van der Waals surface area (Å²) in [5, 5.41) is 2.30. The van der Waals surface area contributed by atoms with Gasteiger partial charge in [-0.3, -0.25) is 10.2 Å². The predicted octanol–water partition coefficient (Wildman–Crippen LogP) is 2.51. The maximum atomic E-state index is 8.94. The van der Waals surface area contributed by atoms with Crippen molar-refractivity contribution in [3.63, 3.8) is 0 Å². The highest BCUT2D eigenvalue weighted by Crippen LogP contribution is 2.35. The van der Waals surface area contributed by atoms with Gasteiger partial charge in [-0.1, -0.05) is 41.4 Å². The van der Waals surface area contributed by atoms with Crippen LogP contribution >= 0.6 is 11.6 Å².